The topological polar surface area (TPSA) is 63.0 Å². The van der Waals surface area contributed by atoms with Crippen LogP contribution in [0.4, 0.5) is 4.39 Å². The highest BCUT2D eigenvalue weighted by molar-refractivity contribution is 4.62. The first-order valence-electron chi connectivity index (χ1n) is 8.53. The van der Waals surface area contributed by atoms with E-state index in [2.05, 4.69) is 0 Å². The molecule has 0 aromatic carbocycles. The first-order valence-corrected chi connectivity index (χ1v) is 8.53. The lowest BCUT2D eigenvalue weighted by Crippen LogP contribution is -2.04. The van der Waals surface area contributed by atoms with Crippen molar-refractivity contribution in [3.63, 3.8) is 0 Å². The summed E-state index contributed by atoms with van der Waals surface area (Å²) in [6, 6.07) is 0. The Morgan fingerprint density at radius 1 is 0.500 bits per heavy atom. The average molecular weight is 297 g/mol. The van der Waals surface area contributed by atoms with Gasteiger partial charge in [-0.3, -0.25) is 0 Å². The van der Waals surface area contributed by atoms with Gasteiger partial charge < -0.3 is 11.0 Å². The first kappa shape index (κ1) is 28.1. The Morgan fingerprint density at radius 2 is 0.700 bits per heavy atom. The lowest BCUT2D eigenvalue weighted by atomic mass is 9.99. The summed E-state index contributed by atoms with van der Waals surface area (Å²) in [5.74, 6) is 0. The summed E-state index contributed by atoms with van der Waals surface area (Å²) in [5, 5.41) is 0. The Balaban J connectivity index is -0.0000000950. The number of halogens is 1. The van der Waals surface area contributed by atoms with Crippen molar-refractivity contribution >= 4 is 0 Å². The van der Waals surface area contributed by atoms with Gasteiger partial charge in [0.1, 0.15) is 6.17 Å². The van der Waals surface area contributed by atoms with E-state index in [-0.39, 0.29) is 11.0 Å². The van der Waals surface area contributed by atoms with E-state index in [1.165, 1.54) is 51.4 Å². The van der Waals surface area contributed by atoms with E-state index in [1.54, 1.807) is 0 Å². The smallest absolute Gasteiger partial charge is 0.100 e. The van der Waals surface area contributed by atoms with Crippen molar-refractivity contribution < 1.29 is 15.3 Å². The molecule has 0 heterocycles. The molecule has 128 valence electrons. The van der Waals surface area contributed by atoms with Gasteiger partial charge in [0.05, 0.1) is 0 Å². The number of hydrogen-bond donors (Lipinski definition) is 0. The van der Waals surface area contributed by atoms with E-state index >= 15 is 0 Å². The number of rotatable bonds is 0. The monoisotopic (exact) mass is 296 g/mol. The lowest BCUT2D eigenvalue weighted by molar-refractivity contribution is 0.251. The van der Waals surface area contributed by atoms with Crippen molar-refractivity contribution in [1.29, 1.82) is 0 Å². The quantitative estimate of drug-likeness (QED) is 0.536. The zero-order valence-electron chi connectivity index (χ0n) is 14.4. The van der Waals surface area contributed by atoms with Gasteiger partial charge in [0.25, 0.3) is 0 Å². The van der Waals surface area contributed by atoms with Crippen molar-refractivity contribution in [2.24, 2.45) is 0 Å². The molecule has 20 heavy (non-hydrogen) atoms. The second-order valence-corrected chi connectivity index (χ2v) is 4.71. The van der Waals surface area contributed by atoms with E-state index in [0.717, 1.165) is 25.7 Å². The third kappa shape index (κ3) is 23.0. The zero-order valence-corrected chi connectivity index (χ0v) is 14.4. The fourth-order valence-electron chi connectivity index (χ4n) is 2.29. The second kappa shape index (κ2) is 27.2. The molecule has 3 heteroatoms. The molecule has 2 fully saturated rings. The molecule has 0 aliphatic heterocycles. The fraction of sp³-hybridized carbons (Fsp3) is 1.00. The van der Waals surface area contributed by atoms with Crippen molar-refractivity contribution in [2.75, 3.05) is 0 Å². The highest BCUT2D eigenvalue weighted by Gasteiger charge is 2.09. The summed E-state index contributed by atoms with van der Waals surface area (Å²) in [6.45, 7) is 8.00. The van der Waals surface area contributed by atoms with Gasteiger partial charge in [-0.25, -0.2) is 4.39 Å². The molecule has 0 aromatic heterocycles. The van der Waals surface area contributed by atoms with Crippen LogP contribution in [0.3, 0.4) is 0 Å². The molecule has 0 amide bonds. The molecule has 4 N–H and O–H groups in total. The largest absolute Gasteiger partial charge is 0.412 e. The van der Waals surface area contributed by atoms with Gasteiger partial charge in [0.2, 0.25) is 0 Å². The van der Waals surface area contributed by atoms with Gasteiger partial charge >= 0.3 is 0 Å². The van der Waals surface area contributed by atoms with Crippen LogP contribution in [0.5, 0.6) is 0 Å². The first-order chi connectivity index (χ1) is 8.89. The van der Waals surface area contributed by atoms with Crippen LogP contribution in [-0.4, -0.2) is 17.1 Å². The standard InChI is InChI=1S/C7H14.C6H11F.2C2H6.2H2O/c1-2-4-6-7-5-3-1;7-6-4-2-1-3-5-6;2*1-2;;/h1-7H2;6H,1-5H2;2*1-2H3;2*1H2. The molecular weight excluding hydrogens is 255 g/mol. The predicted molar refractivity (Wildman–Crippen MR) is 90.2 cm³/mol. The fourth-order valence-corrected chi connectivity index (χ4v) is 2.29. The third-order valence-electron chi connectivity index (χ3n) is 3.28. The van der Waals surface area contributed by atoms with Crippen molar-refractivity contribution in [3.8, 4) is 0 Å². The number of alkyl halides is 1. The van der Waals surface area contributed by atoms with Gasteiger partial charge in [-0.2, -0.15) is 0 Å². The lowest BCUT2D eigenvalue weighted by Gasteiger charge is -2.12. The molecule has 2 aliphatic carbocycles. The Labute approximate surface area is 127 Å². The van der Waals surface area contributed by atoms with E-state index in [4.69, 9.17) is 0 Å². The number of hydrogen-bond acceptors (Lipinski definition) is 0. The Morgan fingerprint density at radius 3 is 0.850 bits per heavy atom. The Hall–Kier alpha value is -0.150. The molecule has 0 radical (unpaired) electrons. The molecule has 2 nitrogen and oxygen atoms in total. The van der Waals surface area contributed by atoms with Gasteiger partial charge in [0.15, 0.2) is 0 Å². The molecule has 0 atom stereocenters. The van der Waals surface area contributed by atoms with Crippen LogP contribution in [0.2, 0.25) is 0 Å². The van der Waals surface area contributed by atoms with Gasteiger partial charge in [0, 0.05) is 0 Å². The average Bonchev–Trinajstić information content (AvgIpc) is 2.77. The molecule has 2 aliphatic rings. The summed E-state index contributed by atoms with van der Waals surface area (Å²) in [7, 11) is 0. The van der Waals surface area contributed by atoms with Crippen LogP contribution >= 0.6 is 0 Å². The van der Waals surface area contributed by atoms with Crippen molar-refractivity contribution in [2.45, 2.75) is 111 Å². The highest BCUT2D eigenvalue weighted by Crippen LogP contribution is 2.19. The minimum absolute atomic E-state index is 0. The second-order valence-electron chi connectivity index (χ2n) is 4.71. The van der Waals surface area contributed by atoms with Crippen LogP contribution in [0.25, 0.3) is 0 Å². The van der Waals surface area contributed by atoms with Gasteiger partial charge in [-0.05, 0) is 12.8 Å². The highest BCUT2D eigenvalue weighted by atomic mass is 19.1. The van der Waals surface area contributed by atoms with E-state index < -0.39 is 6.17 Å². The maximum Gasteiger partial charge on any atom is 0.100 e. The molecule has 0 spiro atoms. The Kier molecular flexibility index (Phi) is 38.2. The van der Waals surface area contributed by atoms with Crippen LogP contribution in [0, 0.1) is 0 Å². The molecule has 0 saturated heterocycles. The summed E-state index contributed by atoms with van der Waals surface area (Å²) < 4.78 is 12.2. The van der Waals surface area contributed by atoms with Crippen molar-refractivity contribution in [3.05, 3.63) is 0 Å². The minimum Gasteiger partial charge on any atom is -0.412 e. The van der Waals surface area contributed by atoms with Crippen LogP contribution in [-0.2, 0) is 0 Å². The normalized spacial score (nSPS) is 17.9. The molecule has 0 aromatic rings. The molecular formula is C17H41FO2. The summed E-state index contributed by atoms with van der Waals surface area (Å²) in [5.41, 5.74) is 0. The maximum absolute atomic E-state index is 12.2. The zero-order chi connectivity index (χ0) is 14.1. The van der Waals surface area contributed by atoms with E-state index in [0.29, 0.717) is 0 Å². The molecule has 0 bridgehead atoms. The van der Waals surface area contributed by atoms with Gasteiger partial charge in [-0.15, -0.1) is 0 Å². The SMILES string of the molecule is C1CCCCCC1.CC.CC.FC1CCCCC1.O.O. The van der Waals surface area contributed by atoms with Gasteiger partial charge in [-0.1, -0.05) is 91.9 Å². The molecule has 0 unspecified atom stereocenters. The maximum atomic E-state index is 12.2. The van der Waals surface area contributed by atoms with E-state index in [9.17, 15) is 4.39 Å². The summed E-state index contributed by atoms with van der Waals surface area (Å²) >= 11 is 0. The van der Waals surface area contributed by atoms with Crippen molar-refractivity contribution in [1.82, 2.24) is 0 Å². The predicted octanol–water partition coefficient (Wildman–Crippen LogP) is 5.42. The van der Waals surface area contributed by atoms with E-state index in [1.807, 2.05) is 27.7 Å². The molecule has 2 rings (SSSR count). The van der Waals surface area contributed by atoms with Crippen LogP contribution < -0.4 is 0 Å². The Bertz CT molecular complexity index is 107. The molecule has 2 saturated carbocycles. The van der Waals surface area contributed by atoms with Crippen LogP contribution in [0.15, 0.2) is 0 Å². The minimum atomic E-state index is -0.464. The third-order valence-corrected chi connectivity index (χ3v) is 3.28. The summed E-state index contributed by atoms with van der Waals surface area (Å²) in [4.78, 5) is 0. The summed E-state index contributed by atoms with van der Waals surface area (Å²) in [6.07, 6.45) is 15.1. The van der Waals surface area contributed by atoms with Crippen LogP contribution in [0.1, 0.15) is 105 Å².